The average Bonchev–Trinajstić information content (AvgIpc) is 2.83. The van der Waals surface area contributed by atoms with E-state index in [4.69, 9.17) is 5.11 Å². The van der Waals surface area contributed by atoms with Crippen LogP contribution in [0.3, 0.4) is 0 Å². The number of hydrogen-bond acceptors (Lipinski definition) is 3. The quantitative estimate of drug-likeness (QED) is 0.876. The predicted octanol–water partition coefficient (Wildman–Crippen LogP) is 2.42. The molecule has 1 aromatic carbocycles. The molecule has 0 bridgehead atoms. The molecule has 0 saturated carbocycles. The molecule has 2 atom stereocenters. The first-order chi connectivity index (χ1) is 9.24. The Hall–Kier alpha value is -1.55. The van der Waals surface area contributed by atoms with Gasteiger partial charge in [0.05, 0.1) is 5.56 Å². The van der Waals surface area contributed by atoms with Crippen LogP contribution in [0, 0.1) is 0 Å². The Morgan fingerprint density at radius 2 is 2.16 bits per heavy atom. The van der Waals surface area contributed by atoms with Gasteiger partial charge in [-0.05, 0) is 44.0 Å². The first-order valence-corrected chi connectivity index (χ1v) is 7.08. The van der Waals surface area contributed by atoms with Crippen LogP contribution in [0.25, 0.3) is 0 Å². The van der Waals surface area contributed by atoms with Gasteiger partial charge in [0.15, 0.2) is 0 Å². The zero-order chi connectivity index (χ0) is 13.2. The molecule has 0 aromatic heterocycles. The Labute approximate surface area is 113 Å². The normalized spacial score (nSPS) is 26.9. The smallest absolute Gasteiger partial charge is 0.335 e. The second kappa shape index (κ2) is 5.21. The number of nitrogens with one attached hydrogen (secondary N) is 1. The zero-order valence-corrected chi connectivity index (χ0v) is 11.0. The van der Waals surface area contributed by atoms with Crippen molar-refractivity contribution in [1.29, 1.82) is 0 Å². The SMILES string of the molecule is O=C(O)c1cccc(NC2CCN3CCCCC23)c1. The molecule has 0 amide bonds. The minimum Gasteiger partial charge on any atom is -0.478 e. The molecule has 2 saturated heterocycles. The molecular weight excluding hydrogens is 240 g/mol. The van der Waals surface area contributed by atoms with Gasteiger partial charge in [0.2, 0.25) is 0 Å². The molecular formula is C15H20N2O2. The molecule has 0 aliphatic carbocycles. The molecule has 4 heteroatoms. The second-order valence-electron chi connectivity index (χ2n) is 5.52. The van der Waals surface area contributed by atoms with Crippen LogP contribution in [0.15, 0.2) is 24.3 Å². The van der Waals surface area contributed by atoms with Gasteiger partial charge in [0, 0.05) is 24.3 Å². The van der Waals surface area contributed by atoms with Gasteiger partial charge in [-0.15, -0.1) is 0 Å². The number of anilines is 1. The summed E-state index contributed by atoms with van der Waals surface area (Å²) in [6.45, 7) is 2.39. The fourth-order valence-electron chi connectivity index (χ4n) is 3.37. The summed E-state index contributed by atoms with van der Waals surface area (Å²) in [7, 11) is 0. The number of aromatic carboxylic acids is 1. The van der Waals surface area contributed by atoms with E-state index in [0.29, 0.717) is 17.6 Å². The number of rotatable bonds is 3. The van der Waals surface area contributed by atoms with E-state index in [9.17, 15) is 4.79 Å². The van der Waals surface area contributed by atoms with Gasteiger partial charge in [-0.1, -0.05) is 12.5 Å². The number of carbonyl (C=O) groups is 1. The summed E-state index contributed by atoms with van der Waals surface area (Å²) in [6, 6.07) is 8.21. The summed E-state index contributed by atoms with van der Waals surface area (Å²) in [5.74, 6) is -0.866. The van der Waals surface area contributed by atoms with Crippen LogP contribution in [0.1, 0.15) is 36.0 Å². The fourth-order valence-corrected chi connectivity index (χ4v) is 3.37. The van der Waals surface area contributed by atoms with E-state index in [2.05, 4.69) is 10.2 Å². The van der Waals surface area contributed by atoms with Crippen molar-refractivity contribution in [3.63, 3.8) is 0 Å². The Morgan fingerprint density at radius 1 is 1.26 bits per heavy atom. The molecule has 3 rings (SSSR count). The monoisotopic (exact) mass is 260 g/mol. The molecule has 2 N–H and O–H groups in total. The van der Waals surface area contributed by atoms with E-state index in [0.717, 1.165) is 12.1 Å². The summed E-state index contributed by atoms with van der Waals surface area (Å²) in [4.78, 5) is 13.6. The van der Waals surface area contributed by atoms with Crippen molar-refractivity contribution in [1.82, 2.24) is 4.90 Å². The standard InChI is InChI=1S/C15H20N2O2/c18-15(19)11-4-3-5-12(10-11)16-13-7-9-17-8-2-1-6-14(13)17/h3-5,10,13-14,16H,1-2,6-9H2,(H,18,19). The van der Waals surface area contributed by atoms with E-state index in [1.54, 1.807) is 18.2 Å². The molecule has 2 aliphatic rings. The van der Waals surface area contributed by atoms with E-state index in [1.165, 1.54) is 32.4 Å². The minimum atomic E-state index is -0.866. The number of piperidine rings is 1. The summed E-state index contributed by atoms with van der Waals surface area (Å²) >= 11 is 0. The molecule has 0 radical (unpaired) electrons. The lowest BCUT2D eigenvalue weighted by atomic mass is 9.99. The number of hydrogen-bond donors (Lipinski definition) is 2. The van der Waals surface area contributed by atoms with Crippen molar-refractivity contribution < 1.29 is 9.90 Å². The van der Waals surface area contributed by atoms with E-state index >= 15 is 0 Å². The number of benzene rings is 1. The van der Waals surface area contributed by atoms with Crippen LogP contribution >= 0.6 is 0 Å². The first-order valence-electron chi connectivity index (χ1n) is 7.08. The Kier molecular flexibility index (Phi) is 3.42. The highest BCUT2D eigenvalue weighted by Gasteiger charge is 2.35. The third-order valence-electron chi connectivity index (χ3n) is 4.32. The lowest BCUT2D eigenvalue weighted by Crippen LogP contribution is -2.41. The molecule has 1 aromatic rings. The molecule has 2 aliphatic heterocycles. The van der Waals surface area contributed by atoms with Crippen molar-refractivity contribution in [2.75, 3.05) is 18.4 Å². The Morgan fingerprint density at radius 3 is 3.00 bits per heavy atom. The summed E-state index contributed by atoms with van der Waals surface area (Å²) in [5.41, 5.74) is 1.28. The third kappa shape index (κ3) is 2.59. The Bertz CT molecular complexity index is 475. The maximum atomic E-state index is 11.0. The van der Waals surface area contributed by atoms with Crippen LogP contribution in [-0.2, 0) is 0 Å². The Balaban J connectivity index is 1.71. The third-order valence-corrected chi connectivity index (χ3v) is 4.32. The predicted molar refractivity (Wildman–Crippen MR) is 74.6 cm³/mol. The summed E-state index contributed by atoms with van der Waals surface area (Å²) < 4.78 is 0. The van der Waals surface area contributed by atoms with Gasteiger partial charge in [-0.25, -0.2) is 4.79 Å². The molecule has 2 fully saturated rings. The molecule has 102 valence electrons. The molecule has 2 unspecified atom stereocenters. The highest BCUT2D eigenvalue weighted by atomic mass is 16.4. The fraction of sp³-hybridized carbons (Fsp3) is 0.533. The largest absolute Gasteiger partial charge is 0.478 e. The number of fused-ring (bicyclic) bond motifs is 1. The lowest BCUT2D eigenvalue weighted by molar-refractivity contribution is 0.0697. The minimum absolute atomic E-state index is 0.350. The highest BCUT2D eigenvalue weighted by molar-refractivity contribution is 5.88. The maximum absolute atomic E-state index is 11.0. The van der Waals surface area contributed by atoms with E-state index in [-0.39, 0.29) is 0 Å². The molecule has 0 spiro atoms. The second-order valence-corrected chi connectivity index (χ2v) is 5.52. The van der Waals surface area contributed by atoms with Crippen molar-refractivity contribution in [3.05, 3.63) is 29.8 Å². The van der Waals surface area contributed by atoms with Crippen molar-refractivity contribution in [2.24, 2.45) is 0 Å². The van der Waals surface area contributed by atoms with Crippen molar-refractivity contribution >= 4 is 11.7 Å². The zero-order valence-electron chi connectivity index (χ0n) is 11.0. The van der Waals surface area contributed by atoms with Crippen molar-refractivity contribution in [2.45, 2.75) is 37.8 Å². The lowest BCUT2D eigenvalue weighted by Gasteiger charge is -2.33. The topological polar surface area (TPSA) is 52.6 Å². The van der Waals surface area contributed by atoms with Crippen LogP contribution in [0.5, 0.6) is 0 Å². The first kappa shape index (κ1) is 12.5. The van der Waals surface area contributed by atoms with Gasteiger partial charge < -0.3 is 10.4 Å². The maximum Gasteiger partial charge on any atom is 0.335 e. The average molecular weight is 260 g/mol. The van der Waals surface area contributed by atoms with Gasteiger partial charge in [-0.2, -0.15) is 0 Å². The van der Waals surface area contributed by atoms with Crippen LogP contribution in [-0.4, -0.2) is 41.1 Å². The summed E-state index contributed by atoms with van der Waals surface area (Å²) in [5, 5.41) is 12.6. The van der Waals surface area contributed by atoms with Crippen LogP contribution < -0.4 is 5.32 Å². The van der Waals surface area contributed by atoms with E-state index < -0.39 is 5.97 Å². The van der Waals surface area contributed by atoms with Gasteiger partial charge >= 0.3 is 5.97 Å². The van der Waals surface area contributed by atoms with Crippen molar-refractivity contribution in [3.8, 4) is 0 Å². The summed E-state index contributed by atoms with van der Waals surface area (Å²) in [6.07, 6.45) is 5.05. The number of carboxylic acids is 1. The molecule has 19 heavy (non-hydrogen) atoms. The number of carboxylic acid groups (broad SMARTS) is 1. The van der Waals surface area contributed by atoms with Gasteiger partial charge in [0.25, 0.3) is 0 Å². The van der Waals surface area contributed by atoms with Crippen LogP contribution in [0.4, 0.5) is 5.69 Å². The van der Waals surface area contributed by atoms with Crippen LogP contribution in [0.2, 0.25) is 0 Å². The van der Waals surface area contributed by atoms with Gasteiger partial charge in [0.1, 0.15) is 0 Å². The molecule has 4 nitrogen and oxygen atoms in total. The number of nitrogens with zero attached hydrogens (tertiary/aromatic N) is 1. The van der Waals surface area contributed by atoms with Gasteiger partial charge in [-0.3, -0.25) is 4.90 Å². The molecule has 2 heterocycles. The van der Waals surface area contributed by atoms with E-state index in [1.807, 2.05) is 6.07 Å². The highest BCUT2D eigenvalue weighted by Crippen LogP contribution is 2.29.